The van der Waals surface area contributed by atoms with Crippen molar-refractivity contribution in [1.82, 2.24) is 14.9 Å². The van der Waals surface area contributed by atoms with E-state index in [9.17, 15) is 4.79 Å². The summed E-state index contributed by atoms with van der Waals surface area (Å²) < 4.78 is 5.17. The van der Waals surface area contributed by atoms with Crippen molar-refractivity contribution in [3.63, 3.8) is 0 Å². The minimum absolute atomic E-state index is 0.0880. The van der Waals surface area contributed by atoms with Gasteiger partial charge in [-0.3, -0.25) is 9.69 Å². The zero-order valence-electron chi connectivity index (χ0n) is 12.5. The minimum atomic E-state index is -0.588. The molecule has 6 heteroatoms. The van der Waals surface area contributed by atoms with Gasteiger partial charge in [0.1, 0.15) is 5.75 Å². The molecule has 2 aromatic rings. The Hall–Kier alpha value is -2.47. The molecule has 1 aromatic carbocycles. The van der Waals surface area contributed by atoms with Crippen molar-refractivity contribution in [3.8, 4) is 5.75 Å². The summed E-state index contributed by atoms with van der Waals surface area (Å²) in [4.78, 5) is 21.8. The Morgan fingerprint density at radius 1 is 1.36 bits per heavy atom. The molecular weight excluding hydrogens is 280 g/mol. The lowest BCUT2D eigenvalue weighted by Gasteiger charge is -2.27. The molecule has 0 aliphatic carbocycles. The van der Waals surface area contributed by atoms with Crippen molar-refractivity contribution < 1.29 is 9.53 Å². The van der Waals surface area contributed by atoms with E-state index in [1.165, 1.54) is 5.56 Å². The molecular formula is C16H18N4O2. The van der Waals surface area contributed by atoms with E-state index in [0.717, 1.165) is 36.5 Å². The number of carbonyl (C=O) groups is 1. The fraction of sp³-hybridized carbons (Fsp3) is 0.312. The van der Waals surface area contributed by atoms with Gasteiger partial charge in [-0.15, -0.1) is 0 Å². The summed E-state index contributed by atoms with van der Waals surface area (Å²) in [7, 11) is 1.66. The fourth-order valence-corrected chi connectivity index (χ4v) is 2.60. The average molecular weight is 298 g/mol. The first-order chi connectivity index (χ1) is 10.7. The Kier molecular flexibility index (Phi) is 4.02. The second-order valence-corrected chi connectivity index (χ2v) is 5.34. The number of benzene rings is 1. The van der Waals surface area contributed by atoms with Crippen LogP contribution in [0.1, 0.15) is 27.4 Å². The van der Waals surface area contributed by atoms with Crippen LogP contribution in [0.3, 0.4) is 0 Å². The van der Waals surface area contributed by atoms with Crippen LogP contribution in [0.4, 0.5) is 0 Å². The number of aromatic nitrogens is 2. The van der Waals surface area contributed by atoms with Crippen LogP contribution in [0.15, 0.2) is 30.5 Å². The maximum Gasteiger partial charge on any atom is 0.286 e. The molecule has 0 unspecified atom stereocenters. The predicted molar refractivity (Wildman–Crippen MR) is 81.4 cm³/mol. The zero-order chi connectivity index (χ0) is 15.5. The lowest BCUT2D eigenvalue weighted by Crippen LogP contribution is -2.32. The SMILES string of the molecule is COc1ccc(CN2CCc3cnc(C(N)=O)nc3C2)cc1. The maximum absolute atomic E-state index is 11.2. The van der Waals surface area contributed by atoms with Gasteiger partial charge in [0, 0.05) is 25.8 Å². The number of primary amides is 1. The summed E-state index contributed by atoms with van der Waals surface area (Å²) >= 11 is 0. The molecule has 0 saturated carbocycles. The standard InChI is InChI=1S/C16H18N4O2/c1-22-13-4-2-11(3-5-13)9-20-7-6-12-8-18-16(15(17)21)19-14(12)10-20/h2-5,8H,6-7,9-10H2,1H3,(H2,17,21). The van der Waals surface area contributed by atoms with Gasteiger partial charge in [0.15, 0.2) is 0 Å². The van der Waals surface area contributed by atoms with Gasteiger partial charge < -0.3 is 10.5 Å². The number of rotatable bonds is 4. The number of hydrogen-bond acceptors (Lipinski definition) is 5. The molecule has 3 rings (SSSR count). The lowest BCUT2D eigenvalue weighted by atomic mass is 10.1. The minimum Gasteiger partial charge on any atom is -0.497 e. The Bertz CT molecular complexity index is 685. The van der Waals surface area contributed by atoms with E-state index in [4.69, 9.17) is 10.5 Å². The van der Waals surface area contributed by atoms with Crippen LogP contribution in [0, 0.1) is 0 Å². The fourth-order valence-electron chi connectivity index (χ4n) is 2.60. The number of carbonyl (C=O) groups excluding carboxylic acids is 1. The van der Waals surface area contributed by atoms with Gasteiger partial charge in [-0.05, 0) is 29.7 Å². The van der Waals surface area contributed by atoms with Gasteiger partial charge in [-0.1, -0.05) is 12.1 Å². The average Bonchev–Trinajstić information content (AvgIpc) is 2.55. The molecule has 2 N–H and O–H groups in total. The number of methoxy groups -OCH3 is 1. The topological polar surface area (TPSA) is 81.3 Å². The molecule has 114 valence electrons. The highest BCUT2D eigenvalue weighted by molar-refractivity contribution is 5.88. The van der Waals surface area contributed by atoms with E-state index in [1.54, 1.807) is 13.3 Å². The summed E-state index contributed by atoms with van der Waals surface area (Å²) in [5.41, 5.74) is 8.44. The first-order valence-electron chi connectivity index (χ1n) is 7.15. The normalized spacial score (nSPS) is 14.4. The molecule has 0 bridgehead atoms. The summed E-state index contributed by atoms with van der Waals surface area (Å²) in [5, 5.41) is 0. The quantitative estimate of drug-likeness (QED) is 0.915. The van der Waals surface area contributed by atoms with E-state index in [2.05, 4.69) is 27.0 Å². The second kappa shape index (κ2) is 6.11. The maximum atomic E-state index is 11.2. The molecule has 0 spiro atoms. The van der Waals surface area contributed by atoms with Gasteiger partial charge in [0.2, 0.25) is 5.82 Å². The monoisotopic (exact) mass is 298 g/mol. The molecule has 0 radical (unpaired) electrons. The van der Waals surface area contributed by atoms with E-state index in [-0.39, 0.29) is 5.82 Å². The van der Waals surface area contributed by atoms with Crippen molar-refractivity contribution >= 4 is 5.91 Å². The van der Waals surface area contributed by atoms with Crippen LogP contribution in [-0.4, -0.2) is 34.4 Å². The van der Waals surface area contributed by atoms with Gasteiger partial charge in [0.05, 0.1) is 12.8 Å². The van der Waals surface area contributed by atoms with Crippen molar-refractivity contribution in [3.05, 3.63) is 53.1 Å². The highest BCUT2D eigenvalue weighted by Crippen LogP contribution is 2.19. The third-order valence-corrected chi connectivity index (χ3v) is 3.81. The van der Waals surface area contributed by atoms with E-state index in [1.807, 2.05) is 12.1 Å². The third kappa shape index (κ3) is 3.07. The number of amides is 1. The molecule has 22 heavy (non-hydrogen) atoms. The van der Waals surface area contributed by atoms with Gasteiger partial charge in [-0.2, -0.15) is 0 Å². The first kappa shape index (κ1) is 14.5. The Balaban J connectivity index is 1.72. The van der Waals surface area contributed by atoms with Crippen LogP contribution >= 0.6 is 0 Å². The number of nitrogens with two attached hydrogens (primary N) is 1. The van der Waals surface area contributed by atoms with Crippen LogP contribution in [0.5, 0.6) is 5.75 Å². The summed E-state index contributed by atoms with van der Waals surface area (Å²) in [6.07, 6.45) is 2.59. The van der Waals surface area contributed by atoms with Crippen LogP contribution in [0.2, 0.25) is 0 Å². The number of fused-ring (bicyclic) bond motifs is 1. The summed E-state index contributed by atoms with van der Waals surface area (Å²) in [6.45, 7) is 2.47. The van der Waals surface area contributed by atoms with Crippen molar-refractivity contribution in [1.29, 1.82) is 0 Å². The molecule has 1 aliphatic heterocycles. The lowest BCUT2D eigenvalue weighted by molar-refractivity contribution is 0.0989. The van der Waals surface area contributed by atoms with Gasteiger partial charge in [0.25, 0.3) is 5.91 Å². The highest BCUT2D eigenvalue weighted by atomic mass is 16.5. The van der Waals surface area contributed by atoms with Crippen LogP contribution < -0.4 is 10.5 Å². The Labute approximate surface area is 128 Å². The third-order valence-electron chi connectivity index (χ3n) is 3.81. The van der Waals surface area contributed by atoms with Crippen molar-refractivity contribution in [2.45, 2.75) is 19.5 Å². The summed E-state index contributed by atoms with van der Waals surface area (Å²) in [6, 6.07) is 8.04. The van der Waals surface area contributed by atoms with E-state index in [0.29, 0.717) is 6.54 Å². The Morgan fingerprint density at radius 3 is 2.82 bits per heavy atom. The molecule has 6 nitrogen and oxygen atoms in total. The van der Waals surface area contributed by atoms with Gasteiger partial charge in [-0.25, -0.2) is 9.97 Å². The molecule has 1 amide bonds. The smallest absolute Gasteiger partial charge is 0.286 e. The molecule has 1 aliphatic rings. The second-order valence-electron chi connectivity index (χ2n) is 5.34. The number of hydrogen-bond donors (Lipinski definition) is 1. The number of nitrogens with zero attached hydrogens (tertiary/aromatic N) is 3. The molecule has 0 fully saturated rings. The Morgan fingerprint density at radius 2 is 2.14 bits per heavy atom. The van der Waals surface area contributed by atoms with E-state index < -0.39 is 5.91 Å². The highest BCUT2D eigenvalue weighted by Gasteiger charge is 2.19. The van der Waals surface area contributed by atoms with Gasteiger partial charge >= 0.3 is 0 Å². The van der Waals surface area contributed by atoms with Crippen molar-refractivity contribution in [2.24, 2.45) is 5.73 Å². The number of ether oxygens (including phenoxy) is 1. The molecule has 0 saturated heterocycles. The first-order valence-corrected chi connectivity index (χ1v) is 7.15. The van der Waals surface area contributed by atoms with Crippen LogP contribution in [-0.2, 0) is 19.5 Å². The molecule has 1 aromatic heterocycles. The predicted octanol–water partition coefficient (Wildman–Crippen LogP) is 1.14. The van der Waals surface area contributed by atoms with Crippen molar-refractivity contribution in [2.75, 3.05) is 13.7 Å². The van der Waals surface area contributed by atoms with E-state index >= 15 is 0 Å². The largest absolute Gasteiger partial charge is 0.497 e. The summed E-state index contributed by atoms with van der Waals surface area (Å²) in [5.74, 6) is 0.353. The molecule has 2 heterocycles. The zero-order valence-corrected chi connectivity index (χ0v) is 12.5. The van der Waals surface area contributed by atoms with Crippen LogP contribution in [0.25, 0.3) is 0 Å². The molecule has 0 atom stereocenters.